The lowest BCUT2D eigenvalue weighted by molar-refractivity contribution is -0.144. The van der Waals surface area contributed by atoms with Crippen molar-refractivity contribution in [3.05, 3.63) is 35.4 Å². The number of carbonyl (C=O) groups is 3. The molecule has 0 aliphatic carbocycles. The van der Waals surface area contributed by atoms with Crippen LogP contribution < -0.4 is 0 Å². The van der Waals surface area contributed by atoms with E-state index in [4.69, 9.17) is 4.74 Å². The van der Waals surface area contributed by atoms with E-state index in [9.17, 15) is 14.4 Å². The molecule has 0 unspecified atom stereocenters. The minimum Gasteiger partial charge on any atom is -0.465 e. The molecule has 25 heavy (non-hydrogen) atoms. The van der Waals surface area contributed by atoms with Gasteiger partial charge in [-0.1, -0.05) is 0 Å². The van der Waals surface area contributed by atoms with Gasteiger partial charge in [0, 0.05) is 31.7 Å². The van der Waals surface area contributed by atoms with Crippen molar-refractivity contribution >= 4 is 17.8 Å². The van der Waals surface area contributed by atoms with Gasteiger partial charge in [0.15, 0.2) is 0 Å². The summed E-state index contributed by atoms with van der Waals surface area (Å²) < 4.78 is 9.62. The van der Waals surface area contributed by atoms with Crippen molar-refractivity contribution in [2.24, 2.45) is 0 Å². The van der Waals surface area contributed by atoms with E-state index in [2.05, 4.69) is 4.74 Å². The van der Waals surface area contributed by atoms with Crippen molar-refractivity contribution in [1.29, 1.82) is 0 Å². The van der Waals surface area contributed by atoms with Crippen LogP contribution in [0.15, 0.2) is 24.3 Å². The lowest BCUT2D eigenvalue weighted by Gasteiger charge is -2.21. The smallest absolute Gasteiger partial charge is 0.337 e. The molecule has 1 fully saturated rings. The van der Waals surface area contributed by atoms with Gasteiger partial charge in [0.25, 0.3) is 5.91 Å². The Bertz CT molecular complexity index is 614. The van der Waals surface area contributed by atoms with Crippen molar-refractivity contribution in [1.82, 2.24) is 9.80 Å². The number of carbonyl (C=O) groups excluding carboxylic acids is 3. The normalized spacial score (nSPS) is 15.4. The lowest BCUT2D eigenvalue weighted by Crippen LogP contribution is -2.37. The monoisotopic (exact) mass is 348 g/mol. The summed E-state index contributed by atoms with van der Waals surface area (Å²) in [5.41, 5.74) is 0.946. The fraction of sp³-hybridized carbons (Fsp3) is 0.500. The largest absolute Gasteiger partial charge is 0.465 e. The van der Waals surface area contributed by atoms with Crippen LogP contribution in [0.4, 0.5) is 0 Å². The van der Waals surface area contributed by atoms with Crippen LogP contribution >= 0.6 is 0 Å². The predicted octanol–water partition coefficient (Wildman–Crippen LogP) is 1.18. The van der Waals surface area contributed by atoms with Crippen LogP contribution in [0, 0.1) is 0 Å². The first kappa shape index (κ1) is 18.9. The second-order valence-corrected chi connectivity index (χ2v) is 5.80. The summed E-state index contributed by atoms with van der Waals surface area (Å²) in [5, 5.41) is 0. The number of esters is 2. The molecule has 1 aromatic rings. The third-order valence-electron chi connectivity index (χ3n) is 4.09. The van der Waals surface area contributed by atoms with Gasteiger partial charge in [0.1, 0.15) is 0 Å². The maximum Gasteiger partial charge on any atom is 0.337 e. The molecule has 1 aliphatic rings. The zero-order chi connectivity index (χ0) is 18.2. The Morgan fingerprint density at radius 1 is 1.00 bits per heavy atom. The number of amides is 1. The van der Waals surface area contributed by atoms with Gasteiger partial charge in [-0.05, 0) is 37.6 Å². The summed E-state index contributed by atoms with van der Waals surface area (Å²) >= 11 is 0. The van der Waals surface area contributed by atoms with Crippen LogP contribution in [0.2, 0.25) is 0 Å². The van der Waals surface area contributed by atoms with E-state index in [1.165, 1.54) is 7.11 Å². The van der Waals surface area contributed by atoms with Gasteiger partial charge in [-0.25, -0.2) is 4.79 Å². The maximum atomic E-state index is 12.6. The van der Waals surface area contributed by atoms with Crippen LogP contribution in [-0.2, 0) is 14.3 Å². The molecule has 0 atom stereocenters. The zero-order valence-corrected chi connectivity index (χ0v) is 14.7. The Labute approximate surface area is 147 Å². The molecule has 0 aromatic heterocycles. The van der Waals surface area contributed by atoms with Crippen molar-refractivity contribution in [3.8, 4) is 0 Å². The van der Waals surface area contributed by atoms with Crippen molar-refractivity contribution in [2.45, 2.75) is 13.3 Å². The van der Waals surface area contributed by atoms with E-state index < -0.39 is 5.97 Å². The molecule has 1 saturated heterocycles. The summed E-state index contributed by atoms with van der Waals surface area (Å²) in [6.45, 7) is 4.98. The highest BCUT2D eigenvalue weighted by Crippen LogP contribution is 2.11. The molecule has 0 saturated carbocycles. The van der Waals surface area contributed by atoms with Gasteiger partial charge in [0.05, 0.1) is 25.8 Å². The first-order valence-corrected chi connectivity index (χ1v) is 8.40. The molecule has 0 radical (unpaired) electrons. The summed E-state index contributed by atoms with van der Waals surface area (Å²) in [4.78, 5) is 39.5. The SMILES string of the molecule is CCOC(=O)CN1CCCN(C(=O)c2ccc(C(=O)OC)cc2)CC1. The Hall–Kier alpha value is -2.41. The molecule has 1 heterocycles. The average Bonchev–Trinajstić information content (AvgIpc) is 2.86. The number of rotatable bonds is 5. The van der Waals surface area contributed by atoms with Gasteiger partial charge in [-0.2, -0.15) is 0 Å². The Morgan fingerprint density at radius 3 is 2.32 bits per heavy atom. The van der Waals surface area contributed by atoms with Crippen LogP contribution in [0.1, 0.15) is 34.1 Å². The van der Waals surface area contributed by atoms with Crippen molar-refractivity contribution < 1.29 is 23.9 Å². The highest BCUT2D eigenvalue weighted by atomic mass is 16.5. The third-order valence-corrected chi connectivity index (χ3v) is 4.09. The number of methoxy groups -OCH3 is 1. The maximum absolute atomic E-state index is 12.6. The number of benzene rings is 1. The summed E-state index contributed by atoms with van der Waals surface area (Å²) in [6, 6.07) is 6.44. The standard InChI is InChI=1S/C18H24N2O5/c1-3-25-16(21)13-19-9-4-10-20(12-11-19)17(22)14-5-7-15(8-6-14)18(23)24-2/h5-8H,3-4,9-13H2,1-2H3. The van der Waals surface area contributed by atoms with Crippen molar-refractivity contribution in [3.63, 3.8) is 0 Å². The first-order valence-electron chi connectivity index (χ1n) is 8.40. The summed E-state index contributed by atoms with van der Waals surface area (Å²) in [5.74, 6) is -0.738. The van der Waals surface area contributed by atoms with Crippen LogP contribution in [0.3, 0.4) is 0 Å². The molecule has 2 rings (SSSR count). The zero-order valence-electron chi connectivity index (χ0n) is 14.7. The van der Waals surface area contributed by atoms with Crippen LogP contribution in [-0.4, -0.2) is 74.1 Å². The minimum atomic E-state index is -0.427. The quantitative estimate of drug-likeness (QED) is 0.744. The second kappa shape index (κ2) is 9.17. The average molecular weight is 348 g/mol. The molecule has 1 amide bonds. The molecule has 1 aliphatic heterocycles. The van der Waals surface area contributed by atoms with Crippen LogP contribution in [0.5, 0.6) is 0 Å². The Balaban J connectivity index is 1.94. The molecule has 0 N–H and O–H groups in total. The molecule has 7 nitrogen and oxygen atoms in total. The lowest BCUT2D eigenvalue weighted by atomic mass is 10.1. The summed E-state index contributed by atoms with van der Waals surface area (Å²) in [7, 11) is 1.32. The predicted molar refractivity (Wildman–Crippen MR) is 91.4 cm³/mol. The molecule has 136 valence electrons. The van der Waals surface area contributed by atoms with E-state index >= 15 is 0 Å². The highest BCUT2D eigenvalue weighted by molar-refractivity contribution is 5.96. The van der Waals surface area contributed by atoms with Gasteiger partial charge in [-0.15, -0.1) is 0 Å². The molecular formula is C18H24N2O5. The Morgan fingerprint density at radius 2 is 1.68 bits per heavy atom. The fourth-order valence-electron chi connectivity index (χ4n) is 2.77. The third kappa shape index (κ3) is 5.29. The van der Waals surface area contributed by atoms with Crippen molar-refractivity contribution in [2.75, 3.05) is 46.4 Å². The number of ether oxygens (including phenoxy) is 2. The van der Waals surface area contributed by atoms with Gasteiger partial charge in [-0.3, -0.25) is 14.5 Å². The van der Waals surface area contributed by atoms with Gasteiger partial charge in [0.2, 0.25) is 0 Å². The van der Waals surface area contributed by atoms with E-state index in [1.807, 2.05) is 4.90 Å². The second-order valence-electron chi connectivity index (χ2n) is 5.80. The fourth-order valence-corrected chi connectivity index (χ4v) is 2.77. The molecule has 0 spiro atoms. The Kier molecular flexibility index (Phi) is 6.94. The minimum absolute atomic E-state index is 0.0746. The molecule has 0 bridgehead atoms. The highest BCUT2D eigenvalue weighted by Gasteiger charge is 2.22. The van der Waals surface area contributed by atoms with E-state index in [1.54, 1.807) is 36.1 Å². The number of nitrogens with zero attached hydrogens (tertiary/aromatic N) is 2. The summed E-state index contributed by atoms with van der Waals surface area (Å²) in [6.07, 6.45) is 0.797. The number of hydrogen-bond acceptors (Lipinski definition) is 6. The van der Waals surface area contributed by atoms with Gasteiger partial charge >= 0.3 is 11.9 Å². The topological polar surface area (TPSA) is 76.2 Å². The first-order chi connectivity index (χ1) is 12.0. The van der Waals surface area contributed by atoms with Crippen LogP contribution in [0.25, 0.3) is 0 Å². The van der Waals surface area contributed by atoms with E-state index in [-0.39, 0.29) is 18.4 Å². The number of hydrogen-bond donors (Lipinski definition) is 0. The molecule has 7 heteroatoms. The molecular weight excluding hydrogens is 324 g/mol. The molecule has 1 aromatic carbocycles. The van der Waals surface area contributed by atoms with E-state index in [0.29, 0.717) is 37.4 Å². The van der Waals surface area contributed by atoms with E-state index in [0.717, 1.165) is 13.0 Å². The van der Waals surface area contributed by atoms with Gasteiger partial charge < -0.3 is 14.4 Å².